The minimum absolute atomic E-state index is 0.106. The maximum Gasteiger partial charge on any atom is 0.166 e. The standard InChI is InChI=1S/C20H19NO2/c1-21-12-18(16-10-14(23-2)8-9-19(16)21)15-11-17(15)20(22)13-6-4-3-5-7-13/h3-10,12,15,17H,11H2,1-2H3/t15-,17-/m0/s1. The molecule has 0 saturated heterocycles. The summed E-state index contributed by atoms with van der Waals surface area (Å²) < 4.78 is 7.49. The Hall–Kier alpha value is -2.55. The van der Waals surface area contributed by atoms with E-state index in [1.165, 1.54) is 16.5 Å². The highest BCUT2D eigenvalue weighted by atomic mass is 16.5. The largest absolute Gasteiger partial charge is 0.497 e. The predicted molar refractivity (Wildman–Crippen MR) is 91.1 cm³/mol. The van der Waals surface area contributed by atoms with Gasteiger partial charge in [0, 0.05) is 35.6 Å². The van der Waals surface area contributed by atoms with Crippen LogP contribution in [0, 0.1) is 5.92 Å². The summed E-state index contributed by atoms with van der Waals surface area (Å²) in [7, 11) is 3.73. The summed E-state index contributed by atoms with van der Waals surface area (Å²) in [5, 5.41) is 1.19. The van der Waals surface area contributed by atoms with Crippen molar-refractivity contribution in [3.63, 3.8) is 0 Å². The minimum atomic E-state index is 0.106. The van der Waals surface area contributed by atoms with Gasteiger partial charge in [-0.1, -0.05) is 30.3 Å². The van der Waals surface area contributed by atoms with Gasteiger partial charge in [0.2, 0.25) is 0 Å². The van der Waals surface area contributed by atoms with Crippen LogP contribution in [0.25, 0.3) is 10.9 Å². The van der Waals surface area contributed by atoms with E-state index in [0.717, 1.165) is 17.7 Å². The molecule has 1 heterocycles. The van der Waals surface area contributed by atoms with Gasteiger partial charge in [-0.15, -0.1) is 0 Å². The SMILES string of the molecule is COc1ccc2c(c1)c([C@H]1C[C@@H]1C(=O)c1ccccc1)cn2C. The van der Waals surface area contributed by atoms with Crippen molar-refractivity contribution in [3.8, 4) is 5.75 Å². The molecule has 4 rings (SSSR count). The number of Topliss-reactive ketones (excluding diaryl/α,β-unsaturated/α-hetero) is 1. The molecular weight excluding hydrogens is 286 g/mol. The Morgan fingerprint density at radius 1 is 1.17 bits per heavy atom. The van der Waals surface area contributed by atoms with Gasteiger partial charge in [-0.05, 0) is 36.1 Å². The number of ether oxygens (including phenoxy) is 1. The van der Waals surface area contributed by atoms with Gasteiger partial charge in [-0.3, -0.25) is 4.79 Å². The van der Waals surface area contributed by atoms with Crippen molar-refractivity contribution >= 4 is 16.7 Å². The molecule has 0 radical (unpaired) electrons. The second-order valence-electron chi connectivity index (χ2n) is 6.26. The van der Waals surface area contributed by atoms with Crippen LogP contribution in [0.5, 0.6) is 5.75 Å². The molecule has 1 fully saturated rings. The number of nitrogens with zero attached hydrogens (tertiary/aromatic N) is 1. The fourth-order valence-corrected chi connectivity index (χ4v) is 3.47. The van der Waals surface area contributed by atoms with Crippen LogP contribution in [-0.2, 0) is 7.05 Å². The molecule has 0 unspecified atom stereocenters. The Morgan fingerprint density at radius 3 is 2.70 bits per heavy atom. The van der Waals surface area contributed by atoms with E-state index in [1.54, 1.807) is 7.11 Å². The Balaban J connectivity index is 1.68. The smallest absolute Gasteiger partial charge is 0.166 e. The van der Waals surface area contributed by atoms with E-state index in [2.05, 4.69) is 29.9 Å². The van der Waals surface area contributed by atoms with E-state index in [0.29, 0.717) is 5.92 Å². The van der Waals surface area contributed by atoms with E-state index in [1.807, 2.05) is 36.4 Å². The van der Waals surface area contributed by atoms with Gasteiger partial charge < -0.3 is 9.30 Å². The molecule has 0 spiro atoms. The molecule has 0 aliphatic heterocycles. The Kier molecular flexibility index (Phi) is 3.22. The number of hydrogen-bond donors (Lipinski definition) is 0. The summed E-state index contributed by atoms with van der Waals surface area (Å²) in [6.07, 6.45) is 3.09. The van der Waals surface area contributed by atoms with Crippen molar-refractivity contribution in [3.05, 3.63) is 65.9 Å². The molecule has 1 saturated carbocycles. The normalized spacial score (nSPS) is 19.7. The number of methoxy groups -OCH3 is 1. The van der Waals surface area contributed by atoms with Crippen LogP contribution in [0.3, 0.4) is 0 Å². The zero-order valence-electron chi connectivity index (χ0n) is 13.3. The molecule has 3 heteroatoms. The molecule has 3 nitrogen and oxygen atoms in total. The summed E-state index contributed by atoms with van der Waals surface area (Å²) in [5.74, 6) is 1.54. The number of carbonyl (C=O) groups is 1. The number of aromatic nitrogens is 1. The molecule has 2 atom stereocenters. The molecule has 1 aliphatic rings. The summed E-state index contributed by atoms with van der Waals surface area (Å²) >= 11 is 0. The lowest BCUT2D eigenvalue weighted by molar-refractivity contribution is 0.0965. The average Bonchev–Trinajstić information content (AvgIpc) is 3.33. The van der Waals surface area contributed by atoms with Gasteiger partial charge in [0.15, 0.2) is 5.78 Å². The Morgan fingerprint density at radius 2 is 1.96 bits per heavy atom. The average molecular weight is 305 g/mol. The molecule has 116 valence electrons. The molecule has 23 heavy (non-hydrogen) atoms. The third kappa shape index (κ3) is 2.33. The van der Waals surface area contributed by atoms with Crippen LogP contribution < -0.4 is 4.74 Å². The van der Waals surface area contributed by atoms with Crippen LogP contribution >= 0.6 is 0 Å². The molecule has 1 aliphatic carbocycles. The van der Waals surface area contributed by atoms with Crippen molar-refractivity contribution in [2.45, 2.75) is 12.3 Å². The maximum absolute atomic E-state index is 12.6. The molecule has 0 amide bonds. The zero-order valence-corrected chi connectivity index (χ0v) is 13.3. The first kappa shape index (κ1) is 14.1. The number of fused-ring (bicyclic) bond motifs is 1. The number of benzene rings is 2. The summed E-state index contributed by atoms with van der Waals surface area (Å²) in [6, 6.07) is 15.7. The van der Waals surface area contributed by atoms with Crippen LogP contribution in [0.2, 0.25) is 0 Å². The Bertz CT molecular complexity index is 879. The number of rotatable bonds is 4. The van der Waals surface area contributed by atoms with E-state index in [-0.39, 0.29) is 11.7 Å². The fraction of sp³-hybridized carbons (Fsp3) is 0.250. The predicted octanol–water partition coefficient (Wildman–Crippen LogP) is 4.17. The molecular formula is C20H19NO2. The monoisotopic (exact) mass is 305 g/mol. The fourth-order valence-electron chi connectivity index (χ4n) is 3.47. The van der Waals surface area contributed by atoms with E-state index in [9.17, 15) is 4.79 Å². The first-order valence-corrected chi connectivity index (χ1v) is 7.91. The lowest BCUT2D eigenvalue weighted by atomic mass is 10.0. The second-order valence-corrected chi connectivity index (χ2v) is 6.26. The third-order valence-corrected chi connectivity index (χ3v) is 4.81. The summed E-state index contributed by atoms with van der Waals surface area (Å²) in [4.78, 5) is 12.6. The lowest BCUT2D eigenvalue weighted by Crippen LogP contribution is -2.02. The highest BCUT2D eigenvalue weighted by Crippen LogP contribution is 2.51. The quantitative estimate of drug-likeness (QED) is 0.677. The molecule has 1 aromatic heterocycles. The van der Waals surface area contributed by atoms with Gasteiger partial charge >= 0.3 is 0 Å². The van der Waals surface area contributed by atoms with Crippen LogP contribution in [0.4, 0.5) is 0 Å². The summed E-state index contributed by atoms with van der Waals surface area (Å²) in [5.41, 5.74) is 3.26. The van der Waals surface area contributed by atoms with E-state index < -0.39 is 0 Å². The summed E-state index contributed by atoms with van der Waals surface area (Å²) in [6.45, 7) is 0. The molecule has 0 bridgehead atoms. The van der Waals surface area contributed by atoms with Crippen molar-refractivity contribution in [1.29, 1.82) is 0 Å². The molecule has 2 aromatic carbocycles. The maximum atomic E-state index is 12.6. The van der Waals surface area contributed by atoms with Crippen LogP contribution in [-0.4, -0.2) is 17.5 Å². The van der Waals surface area contributed by atoms with E-state index in [4.69, 9.17) is 4.74 Å². The van der Waals surface area contributed by atoms with Crippen molar-refractivity contribution < 1.29 is 9.53 Å². The highest BCUT2D eigenvalue weighted by molar-refractivity contribution is 6.01. The highest BCUT2D eigenvalue weighted by Gasteiger charge is 2.45. The number of aryl methyl sites for hydroxylation is 1. The van der Waals surface area contributed by atoms with Crippen molar-refractivity contribution in [1.82, 2.24) is 4.57 Å². The van der Waals surface area contributed by atoms with Crippen molar-refractivity contribution in [2.75, 3.05) is 7.11 Å². The zero-order chi connectivity index (χ0) is 16.0. The van der Waals surface area contributed by atoms with Gasteiger partial charge in [0.25, 0.3) is 0 Å². The van der Waals surface area contributed by atoms with Gasteiger partial charge in [0.1, 0.15) is 5.75 Å². The first-order valence-electron chi connectivity index (χ1n) is 7.91. The van der Waals surface area contributed by atoms with Gasteiger partial charge in [-0.2, -0.15) is 0 Å². The third-order valence-electron chi connectivity index (χ3n) is 4.81. The van der Waals surface area contributed by atoms with Crippen molar-refractivity contribution in [2.24, 2.45) is 13.0 Å². The topological polar surface area (TPSA) is 31.2 Å². The second kappa shape index (κ2) is 5.27. The first-order chi connectivity index (χ1) is 11.2. The number of hydrogen-bond acceptors (Lipinski definition) is 2. The number of ketones is 1. The lowest BCUT2D eigenvalue weighted by Gasteiger charge is -2.02. The molecule has 3 aromatic rings. The van der Waals surface area contributed by atoms with Gasteiger partial charge in [-0.25, -0.2) is 0 Å². The molecule has 0 N–H and O–H groups in total. The van der Waals surface area contributed by atoms with Crippen LogP contribution in [0.1, 0.15) is 28.3 Å². The van der Waals surface area contributed by atoms with Gasteiger partial charge in [0.05, 0.1) is 7.11 Å². The van der Waals surface area contributed by atoms with E-state index >= 15 is 0 Å². The van der Waals surface area contributed by atoms with Crippen LogP contribution in [0.15, 0.2) is 54.7 Å². The number of carbonyl (C=O) groups excluding carboxylic acids is 1. The Labute approximate surface area is 135 Å². The minimum Gasteiger partial charge on any atom is -0.497 e.